The molecule has 3 aromatic carbocycles. The number of carbonyl (C=O) groups is 1. The summed E-state index contributed by atoms with van der Waals surface area (Å²) < 4.78 is 19.2. The first-order valence-corrected chi connectivity index (χ1v) is 11.1. The summed E-state index contributed by atoms with van der Waals surface area (Å²) in [4.78, 5) is 22.8. The largest absolute Gasteiger partial charge is 0.466 e. The number of nitro benzene ring substituents is 1. The fraction of sp³-hybridized carbons (Fsp3) is 0.0870. The number of hydrogen-bond donors (Lipinski definition) is 1. The molecular weight excluding hydrogens is 415 g/mol. The number of nitro groups is 1. The molecule has 0 aliphatic carbocycles. The van der Waals surface area contributed by atoms with Gasteiger partial charge in [0.1, 0.15) is 0 Å². The van der Waals surface area contributed by atoms with E-state index in [-0.39, 0.29) is 11.3 Å². The maximum atomic E-state index is 14.4. The highest BCUT2D eigenvalue weighted by Crippen LogP contribution is 2.43. The molecule has 1 unspecified atom stereocenters. The van der Waals surface area contributed by atoms with E-state index in [1.54, 1.807) is 48.5 Å². The van der Waals surface area contributed by atoms with Gasteiger partial charge in [-0.2, -0.15) is 0 Å². The monoisotopic (exact) mass is 436 g/mol. The van der Waals surface area contributed by atoms with E-state index in [9.17, 15) is 19.5 Å². The van der Waals surface area contributed by atoms with Crippen molar-refractivity contribution in [2.24, 2.45) is 0 Å². The summed E-state index contributed by atoms with van der Waals surface area (Å²) in [5.74, 6) is -0.677. The lowest BCUT2D eigenvalue weighted by Gasteiger charge is -2.28. The average molecular weight is 436 g/mol. The molecule has 8 heteroatoms. The molecule has 0 amide bonds. The van der Waals surface area contributed by atoms with Gasteiger partial charge in [-0.3, -0.25) is 14.7 Å². The lowest BCUT2D eigenvalue weighted by molar-refractivity contribution is -0.384. The van der Waals surface area contributed by atoms with E-state index in [1.165, 1.54) is 31.4 Å². The third-order valence-electron chi connectivity index (χ3n) is 4.78. The van der Waals surface area contributed by atoms with Crippen LogP contribution in [0.5, 0.6) is 0 Å². The van der Waals surface area contributed by atoms with Crippen LogP contribution in [0, 0.1) is 10.1 Å². The van der Waals surface area contributed by atoms with Crippen molar-refractivity contribution < 1.29 is 19.0 Å². The van der Waals surface area contributed by atoms with Crippen LogP contribution in [0.15, 0.2) is 97.1 Å². The van der Waals surface area contributed by atoms with Crippen LogP contribution in [0.2, 0.25) is 0 Å². The van der Waals surface area contributed by atoms with Crippen LogP contribution in [0.3, 0.4) is 0 Å². The quantitative estimate of drug-likeness (QED) is 0.189. The molecule has 0 radical (unpaired) electrons. The van der Waals surface area contributed by atoms with Crippen molar-refractivity contribution in [2.45, 2.75) is 6.04 Å². The Labute approximate surface area is 180 Å². The summed E-state index contributed by atoms with van der Waals surface area (Å²) in [6.07, 6.45) is 0. The molecule has 0 saturated heterocycles. The highest BCUT2D eigenvalue weighted by Gasteiger charge is 2.33. The maximum absolute atomic E-state index is 14.4. The Morgan fingerprint density at radius 1 is 0.968 bits per heavy atom. The van der Waals surface area contributed by atoms with E-state index >= 15 is 0 Å². The molecule has 1 N–H and O–H groups in total. The number of non-ortho nitro benzene ring substituents is 1. The summed E-state index contributed by atoms with van der Waals surface area (Å²) >= 11 is 0. The van der Waals surface area contributed by atoms with Crippen molar-refractivity contribution in [2.75, 3.05) is 7.11 Å². The molecule has 0 aliphatic heterocycles. The number of carbonyl (C=O) groups excluding carboxylic acids is 1. The normalized spacial score (nSPS) is 12.0. The second kappa shape index (κ2) is 9.51. The number of rotatable bonds is 8. The van der Waals surface area contributed by atoms with E-state index < -0.39 is 24.2 Å². The van der Waals surface area contributed by atoms with Crippen LogP contribution in [0.1, 0.15) is 11.6 Å². The molecule has 3 aromatic rings. The van der Waals surface area contributed by atoms with Gasteiger partial charge >= 0.3 is 5.97 Å². The van der Waals surface area contributed by atoms with Gasteiger partial charge in [0.05, 0.1) is 23.6 Å². The second-order valence-corrected chi connectivity index (χ2v) is 9.22. The van der Waals surface area contributed by atoms with Gasteiger partial charge < -0.3 is 4.74 Å². The zero-order chi connectivity index (χ0) is 22.4. The number of nitrogens with zero attached hydrogens (tertiary/aromatic N) is 1. The smallest absolute Gasteiger partial charge is 0.335 e. The van der Waals surface area contributed by atoms with E-state index in [2.05, 4.69) is 11.7 Å². The molecule has 0 fully saturated rings. The Balaban J connectivity index is 2.12. The van der Waals surface area contributed by atoms with Gasteiger partial charge in [-0.1, -0.05) is 55.1 Å². The van der Waals surface area contributed by atoms with E-state index in [4.69, 9.17) is 4.74 Å². The van der Waals surface area contributed by atoms with Crippen molar-refractivity contribution in [3.05, 3.63) is 113 Å². The van der Waals surface area contributed by atoms with Crippen LogP contribution < -0.4 is 15.7 Å². The lowest BCUT2D eigenvalue weighted by Crippen LogP contribution is -2.33. The number of benzene rings is 3. The minimum Gasteiger partial charge on any atom is -0.466 e. The molecule has 0 heterocycles. The van der Waals surface area contributed by atoms with Crippen LogP contribution in [-0.4, -0.2) is 18.0 Å². The minimum atomic E-state index is -3.43. The van der Waals surface area contributed by atoms with Crippen LogP contribution >= 0.6 is 7.29 Å². The van der Waals surface area contributed by atoms with E-state index in [0.29, 0.717) is 16.2 Å². The van der Waals surface area contributed by atoms with Gasteiger partial charge in [-0.15, -0.1) is 0 Å². The van der Waals surface area contributed by atoms with Crippen molar-refractivity contribution in [3.63, 3.8) is 0 Å². The first kappa shape index (κ1) is 22.2. The van der Waals surface area contributed by atoms with E-state index in [1.807, 2.05) is 12.1 Å². The van der Waals surface area contributed by atoms with Gasteiger partial charge in [-0.25, -0.2) is 9.88 Å². The maximum Gasteiger partial charge on any atom is 0.335 e. The average Bonchev–Trinajstić information content (AvgIpc) is 2.82. The summed E-state index contributed by atoms with van der Waals surface area (Å²) in [5, 5.41) is 15.2. The molecule has 0 aromatic heterocycles. The molecule has 0 spiro atoms. The third-order valence-corrected chi connectivity index (χ3v) is 7.46. The molecule has 31 heavy (non-hydrogen) atoms. The molecule has 0 saturated carbocycles. The standard InChI is InChI=1S/C23H21N2O5P/c1-17(23(26)30-2)22(18-13-15-19(16-14-18)25(27)28)24-31(29,20-9-5-3-6-10-20)21-11-7-4-8-12-21/h3-16,22H,1H2,2H3,(H,24,29). The lowest BCUT2D eigenvalue weighted by atomic mass is 10.0. The molecule has 1 atom stereocenters. The number of methoxy groups -OCH3 is 1. The highest BCUT2D eigenvalue weighted by molar-refractivity contribution is 7.76. The topological polar surface area (TPSA) is 98.5 Å². The summed E-state index contributed by atoms with van der Waals surface area (Å²) in [5.41, 5.74) is 0.428. The predicted octanol–water partition coefficient (Wildman–Crippen LogP) is 3.88. The molecule has 7 nitrogen and oxygen atoms in total. The first-order valence-electron chi connectivity index (χ1n) is 9.37. The van der Waals surface area contributed by atoms with Gasteiger partial charge in [0.2, 0.25) is 7.29 Å². The van der Waals surface area contributed by atoms with Gasteiger partial charge in [-0.05, 0) is 29.8 Å². The summed E-state index contributed by atoms with van der Waals surface area (Å²) in [6, 6.07) is 22.5. The third kappa shape index (κ3) is 4.79. The minimum absolute atomic E-state index is 0.0310. The molecule has 0 aliphatic rings. The number of nitrogens with one attached hydrogen (secondary N) is 1. The van der Waals surface area contributed by atoms with Crippen LogP contribution in [-0.2, 0) is 14.1 Å². The Kier molecular flexibility index (Phi) is 6.80. The molecule has 158 valence electrons. The Hall–Kier alpha value is -3.54. The fourth-order valence-corrected chi connectivity index (χ4v) is 5.60. The summed E-state index contributed by atoms with van der Waals surface area (Å²) in [6.45, 7) is 3.84. The van der Waals surface area contributed by atoms with Crippen LogP contribution in [0.4, 0.5) is 5.69 Å². The Bertz CT molecular complexity index is 1090. The van der Waals surface area contributed by atoms with Gasteiger partial charge in [0, 0.05) is 22.7 Å². The van der Waals surface area contributed by atoms with Gasteiger partial charge in [0.25, 0.3) is 5.69 Å². The summed E-state index contributed by atoms with van der Waals surface area (Å²) in [7, 11) is -2.20. The zero-order valence-electron chi connectivity index (χ0n) is 16.8. The van der Waals surface area contributed by atoms with Crippen molar-refractivity contribution >= 4 is 29.6 Å². The Morgan fingerprint density at radius 3 is 1.87 bits per heavy atom. The fourth-order valence-electron chi connectivity index (χ4n) is 3.15. The van der Waals surface area contributed by atoms with Crippen molar-refractivity contribution in [1.82, 2.24) is 5.09 Å². The highest BCUT2D eigenvalue weighted by atomic mass is 31.2. The second-order valence-electron chi connectivity index (χ2n) is 6.71. The predicted molar refractivity (Wildman–Crippen MR) is 120 cm³/mol. The van der Waals surface area contributed by atoms with E-state index in [0.717, 1.165) is 0 Å². The van der Waals surface area contributed by atoms with Gasteiger partial charge in [0.15, 0.2) is 0 Å². The van der Waals surface area contributed by atoms with Crippen molar-refractivity contribution in [1.29, 1.82) is 0 Å². The van der Waals surface area contributed by atoms with Crippen LogP contribution in [0.25, 0.3) is 0 Å². The van der Waals surface area contributed by atoms with Crippen molar-refractivity contribution in [3.8, 4) is 0 Å². The molecule has 0 bridgehead atoms. The molecular formula is C23H21N2O5P. The number of hydrogen-bond acceptors (Lipinski definition) is 5. The zero-order valence-corrected chi connectivity index (χ0v) is 17.7. The molecule has 3 rings (SSSR count). The SMILES string of the molecule is C=C(C(=O)OC)C(NP(=O)(c1ccccc1)c1ccccc1)c1ccc([N+](=O)[O-])cc1. The number of esters is 1. The number of ether oxygens (including phenoxy) is 1. The Morgan fingerprint density at radius 2 is 1.45 bits per heavy atom. The first-order chi connectivity index (χ1) is 14.9.